The molecule has 4 nitrogen and oxygen atoms in total. The van der Waals surface area contributed by atoms with Crippen LogP contribution >= 0.6 is 27.5 Å². The second kappa shape index (κ2) is 5.95. The van der Waals surface area contributed by atoms with Crippen molar-refractivity contribution in [3.05, 3.63) is 22.9 Å². The van der Waals surface area contributed by atoms with Crippen LogP contribution in [0.5, 0.6) is 0 Å². The van der Waals surface area contributed by atoms with Crippen molar-refractivity contribution >= 4 is 37.6 Å². The summed E-state index contributed by atoms with van der Waals surface area (Å²) in [6, 6.07) is 1.53. The van der Waals surface area contributed by atoms with Gasteiger partial charge in [-0.05, 0) is 22.0 Å². The molecule has 0 aliphatic rings. The molecule has 1 heterocycles. The maximum absolute atomic E-state index is 12.1. The molecular weight excluding hydrogens is 316 g/mol. The highest BCUT2D eigenvalue weighted by atomic mass is 79.9. The van der Waals surface area contributed by atoms with Gasteiger partial charge in [-0.15, -0.1) is 11.6 Å². The van der Waals surface area contributed by atoms with Gasteiger partial charge in [-0.3, -0.25) is 4.98 Å². The number of hydrogen-bond donors (Lipinski definition) is 0. The van der Waals surface area contributed by atoms with Gasteiger partial charge in [-0.2, -0.15) is 4.31 Å². The van der Waals surface area contributed by atoms with Gasteiger partial charge in [-0.1, -0.05) is 6.92 Å². The molecular formula is C9H12BrClN2O2S. The zero-order valence-electron chi connectivity index (χ0n) is 8.73. The Balaban J connectivity index is 3.09. The van der Waals surface area contributed by atoms with Crippen molar-refractivity contribution in [2.75, 3.05) is 19.0 Å². The van der Waals surface area contributed by atoms with Gasteiger partial charge in [0.25, 0.3) is 0 Å². The normalized spacial score (nSPS) is 12.0. The van der Waals surface area contributed by atoms with Crippen molar-refractivity contribution < 1.29 is 8.42 Å². The van der Waals surface area contributed by atoms with Crippen LogP contribution in [0, 0.1) is 0 Å². The predicted octanol–water partition coefficient (Wildman–Crippen LogP) is 2.09. The summed E-state index contributed by atoms with van der Waals surface area (Å²) in [7, 11) is -3.48. The molecule has 0 saturated carbocycles. The van der Waals surface area contributed by atoms with Crippen LogP contribution < -0.4 is 0 Å². The van der Waals surface area contributed by atoms with Crippen molar-refractivity contribution in [3.63, 3.8) is 0 Å². The van der Waals surface area contributed by atoms with E-state index in [0.29, 0.717) is 17.6 Å². The number of rotatable bonds is 5. The third-order valence-corrected chi connectivity index (χ3v) is 4.55. The van der Waals surface area contributed by atoms with E-state index in [4.69, 9.17) is 11.6 Å². The number of aromatic nitrogens is 1. The lowest BCUT2D eigenvalue weighted by molar-refractivity contribution is 0.446. The highest BCUT2D eigenvalue weighted by molar-refractivity contribution is 9.10. The smallest absolute Gasteiger partial charge is 0.244 e. The van der Waals surface area contributed by atoms with Crippen LogP contribution in [0.15, 0.2) is 27.8 Å². The fourth-order valence-corrected chi connectivity index (χ4v) is 3.49. The van der Waals surface area contributed by atoms with Crippen LogP contribution in [0.4, 0.5) is 0 Å². The lowest BCUT2D eigenvalue weighted by Gasteiger charge is -2.18. The van der Waals surface area contributed by atoms with Crippen molar-refractivity contribution in [1.29, 1.82) is 0 Å². The fraction of sp³-hybridized carbons (Fsp3) is 0.444. The number of halogens is 2. The molecule has 0 aromatic carbocycles. The summed E-state index contributed by atoms with van der Waals surface area (Å²) in [5.74, 6) is 0.272. The zero-order valence-corrected chi connectivity index (χ0v) is 11.9. The van der Waals surface area contributed by atoms with Gasteiger partial charge < -0.3 is 0 Å². The lowest BCUT2D eigenvalue weighted by Crippen LogP contribution is -2.32. The summed E-state index contributed by atoms with van der Waals surface area (Å²) in [5.41, 5.74) is 0. The molecule has 90 valence electrons. The van der Waals surface area contributed by atoms with E-state index in [1.807, 2.05) is 0 Å². The van der Waals surface area contributed by atoms with E-state index in [-0.39, 0.29) is 10.8 Å². The topological polar surface area (TPSA) is 50.3 Å². The molecule has 1 aromatic heterocycles. The van der Waals surface area contributed by atoms with Gasteiger partial charge in [0.2, 0.25) is 10.0 Å². The fourth-order valence-electron chi connectivity index (χ4n) is 1.23. The van der Waals surface area contributed by atoms with E-state index in [9.17, 15) is 8.42 Å². The SMILES string of the molecule is CCN(CCCl)S(=O)(=O)c1cncc(Br)c1. The summed E-state index contributed by atoms with van der Waals surface area (Å²) in [4.78, 5) is 4.02. The molecule has 0 aliphatic heterocycles. The highest BCUT2D eigenvalue weighted by Crippen LogP contribution is 2.18. The maximum atomic E-state index is 12.1. The molecule has 1 rings (SSSR count). The van der Waals surface area contributed by atoms with E-state index in [1.165, 1.54) is 22.8 Å². The Morgan fingerprint density at radius 1 is 1.50 bits per heavy atom. The first-order valence-corrected chi connectivity index (χ1v) is 7.45. The first kappa shape index (κ1) is 13.9. The van der Waals surface area contributed by atoms with E-state index >= 15 is 0 Å². The van der Waals surface area contributed by atoms with Crippen LogP contribution in [0.25, 0.3) is 0 Å². The number of alkyl halides is 1. The molecule has 0 N–H and O–H groups in total. The van der Waals surface area contributed by atoms with Gasteiger partial charge in [-0.25, -0.2) is 8.42 Å². The Kier molecular flexibility index (Phi) is 5.17. The highest BCUT2D eigenvalue weighted by Gasteiger charge is 2.22. The zero-order chi connectivity index (χ0) is 12.2. The second-order valence-electron chi connectivity index (χ2n) is 3.02. The van der Waals surface area contributed by atoms with Gasteiger partial charge in [0.15, 0.2) is 0 Å². The first-order chi connectivity index (χ1) is 7.52. The number of hydrogen-bond acceptors (Lipinski definition) is 3. The quantitative estimate of drug-likeness (QED) is 0.778. The van der Waals surface area contributed by atoms with Crippen LogP contribution in [-0.4, -0.2) is 36.7 Å². The molecule has 0 atom stereocenters. The molecule has 0 bridgehead atoms. The Bertz CT molecular complexity index is 453. The number of nitrogens with zero attached hydrogens (tertiary/aromatic N) is 2. The third kappa shape index (κ3) is 3.16. The molecule has 16 heavy (non-hydrogen) atoms. The predicted molar refractivity (Wildman–Crippen MR) is 67.1 cm³/mol. The van der Waals surface area contributed by atoms with Crippen molar-refractivity contribution in [2.24, 2.45) is 0 Å². The largest absolute Gasteiger partial charge is 0.262 e. The minimum Gasteiger partial charge on any atom is -0.262 e. The van der Waals surface area contributed by atoms with Crippen LogP contribution in [0.3, 0.4) is 0 Å². The monoisotopic (exact) mass is 326 g/mol. The number of sulfonamides is 1. The summed E-state index contributed by atoms with van der Waals surface area (Å²) in [6.45, 7) is 2.46. The molecule has 7 heteroatoms. The summed E-state index contributed by atoms with van der Waals surface area (Å²) < 4.78 is 26.2. The molecule has 1 aromatic rings. The average Bonchev–Trinajstić information content (AvgIpc) is 2.25. The van der Waals surface area contributed by atoms with E-state index < -0.39 is 10.0 Å². The lowest BCUT2D eigenvalue weighted by atomic mass is 10.5. The van der Waals surface area contributed by atoms with Crippen molar-refractivity contribution in [3.8, 4) is 0 Å². The van der Waals surface area contributed by atoms with Gasteiger partial charge in [0, 0.05) is 35.8 Å². The average molecular weight is 328 g/mol. The summed E-state index contributed by atoms with van der Waals surface area (Å²) >= 11 is 8.76. The van der Waals surface area contributed by atoms with Gasteiger partial charge in [0.1, 0.15) is 4.90 Å². The second-order valence-corrected chi connectivity index (χ2v) is 6.26. The van der Waals surface area contributed by atoms with Crippen molar-refractivity contribution in [1.82, 2.24) is 9.29 Å². The molecule has 0 amide bonds. The molecule has 0 fully saturated rings. The third-order valence-electron chi connectivity index (χ3n) is 2.00. The summed E-state index contributed by atoms with van der Waals surface area (Å²) in [6.07, 6.45) is 2.87. The number of pyridine rings is 1. The minimum absolute atomic E-state index is 0.175. The van der Waals surface area contributed by atoms with Gasteiger partial charge in [0.05, 0.1) is 0 Å². The maximum Gasteiger partial charge on any atom is 0.244 e. The minimum atomic E-state index is -3.48. The Labute approximate surface area is 109 Å². The van der Waals surface area contributed by atoms with E-state index in [2.05, 4.69) is 20.9 Å². The Morgan fingerprint density at radius 3 is 2.69 bits per heavy atom. The van der Waals surface area contributed by atoms with Gasteiger partial charge >= 0.3 is 0 Å². The van der Waals surface area contributed by atoms with E-state index in [0.717, 1.165) is 0 Å². The van der Waals surface area contributed by atoms with Crippen molar-refractivity contribution in [2.45, 2.75) is 11.8 Å². The van der Waals surface area contributed by atoms with Crippen LogP contribution in [0.1, 0.15) is 6.92 Å². The molecule has 0 saturated heterocycles. The van der Waals surface area contributed by atoms with Crippen LogP contribution in [0.2, 0.25) is 0 Å². The van der Waals surface area contributed by atoms with Crippen LogP contribution in [-0.2, 0) is 10.0 Å². The van der Waals surface area contributed by atoms with E-state index in [1.54, 1.807) is 6.92 Å². The molecule has 0 aliphatic carbocycles. The molecule has 0 unspecified atom stereocenters. The molecule has 0 radical (unpaired) electrons. The Hall–Kier alpha value is -0.170. The molecule has 0 spiro atoms. The Morgan fingerprint density at radius 2 is 2.19 bits per heavy atom. The first-order valence-electron chi connectivity index (χ1n) is 4.69. The summed E-state index contributed by atoms with van der Waals surface area (Å²) in [5, 5.41) is 0. The standard InChI is InChI=1S/C9H12BrClN2O2S/c1-2-13(4-3-11)16(14,15)9-5-8(10)6-12-7-9/h5-7H,2-4H2,1H3.